The molecule has 1 aromatic carbocycles. The van der Waals surface area contributed by atoms with Gasteiger partial charge in [-0.05, 0) is 30.9 Å². The van der Waals surface area contributed by atoms with E-state index in [1.165, 1.54) is 34.2 Å². The average molecular weight is 385 g/mol. The van der Waals surface area contributed by atoms with Crippen LogP contribution in [0.4, 0.5) is 11.4 Å². The number of anilines is 2. The number of amides is 1. The Morgan fingerprint density at radius 3 is 2.21 bits per heavy atom. The number of aromatic nitrogens is 1. The molecular weight excluding hydrogens is 358 g/mol. The molecule has 1 fully saturated rings. The molecule has 28 heavy (non-hydrogen) atoms. The maximum Gasteiger partial charge on any atom is 0.274 e. The molecule has 3 rings (SSSR count). The molecule has 2 aromatic rings. The molecule has 1 N–H and O–H groups in total. The molecule has 7 heteroatoms. The number of piperidine rings is 1. The minimum Gasteiger partial charge on any atom is -0.493 e. The highest BCUT2D eigenvalue weighted by Gasteiger charge is 2.18. The number of nitrogens with one attached hydrogen (secondary N) is 1. The van der Waals surface area contributed by atoms with Crippen molar-refractivity contribution in [2.75, 3.05) is 44.6 Å². The van der Waals surface area contributed by atoms with Crippen LogP contribution in [0.1, 0.15) is 30.3 Å². The molecule has 0 bridgehead atoms. The number of rotatable bonds is 6. The first-order valence-corrected chi connectivity index (χ1v) is 9.38. The van der Waals surface area contributed by atoms with Crippen molar-refractivity contribution in [3.63, 3.8) is 0 Å². The normalized spacial score (nSPS) is 14.5. The third kappa shape index (κ3) is 4.30. The highest BCUT2D eigenvalue weighted by Crippen LogP contribution is 2.40. The van der Waals surface area contributed by atoms with Crippen molar-refractivity contribution in [2.24, 2.45) is 5.92 Å². The van der Waals surface area contributed by atoms with Crippen molar-refractivity contribution in [1.82, 2.24) is 4.98 Å². The number of hydrogen-bond donors (Lipinski definition) is 1. The van der Waals surface area contributed by atoms with E-state index in [4.69, 9.17) is 14.2 Å². The zero-order valence-electron chi connectivity index (χ0n) is 16.8. The van der Waals surface area contributed by atoms with Gasteiger partial charge in [0.05, 0.1) is 33.2 Å². The minimum absolute atomic E-state index is 0.298. The fourth-order valence-electron chi connectivity index (χ4n) is 3.32. The predicted octanol–water partition coefficient (Wildman–Crippen LogP) is 3.60. The molecule has 0 aliphatic carbocycles. The molecule has 1 amide bonds. The van der Waals surface area contributed by atoms with Crippen molar-refractivity contribution in [3.05, 3.63) is 36.2 Å². The number of methoxy groups -OCH3 is 3. The highest BCUT2D eigenvalue weighted by atomic mass is 16.5. The van der Waals surface area contributed by atoms with E-state index < -0.39 is 0 Å². The summed E-state index contributed by atoms with van der Waals surface area (Å²) in [6, 6.07) is 7.07. The molecule has 7 nitrogen and oxygen atoms in total. The lowest BCUT2D eigenvalue weighted by Gasteiger charge is -2.31. The van der Waals surface area contributed by atoms with Crippen LogP contribution >= 0.6 is 0 Å². The number of ether oxygens (including phenoxy) is 3. The fraction of sp³-hybridized carbons (Fsp3) is 0.429. The van der Waals surface area contributed by atoms with E-state index in [-0.39, 0.29) is 5.91 Å². The van der Waals surface area contributed by atoms with Crippen LogP contribution in [0.15, 0.2) is 30.5 Å². The molecule has 1 aliphatic heterocycles. The van der Waals surface area contributed by atoms with Gasteiger partial charge in [0.2, 0.25) is 5.75 Å². The lowest BCUT2D eigenvalue weighted by Crippen LogP contribution is -2.32. The van der Waals surface area contributed by atoms with Crippen LogP contribution in [-0.4, -0.2) is 45.3 Å². The maximum absolute atomic E-state index is 12.6. The first-order valence-electron chi connectivity index (χ1n) is 9.38. The van der Waals surface area contributed by atoms with Crippen LogP contribution in [-0.2, 0) is 0 Å². The molecule has 0 unspecified atom stereocenters. The highest BCUT2D eigenvalue weighted by molar-refractivity contribution is 6.03. The van der Waals surface area contributed by atoms with Crippen LogP contribution < -0.4 is 24.4 Å². The number of hydrogen-bond acceptors (Lipinski definition) is 6. The topological polar surface area (TPSA) is 72.9 Å². The van der Waals surface area contributed by atoms with Crippen LogP contribution in [0.25, 0.3) is 0 Å². The Morgan fingerprint density at radius 2 is 1.71 bits per heavy atom. The standard InChI is InChI=1S/C21H27N3O4/c1-14-7-9-24(10-8-14)16-5-6-17(22-13-16)21(25)23-15-11-18(26-2)20(28-4)19(12-15)27-3/h5-6,11-14H,7-10H2,1-4H3,(H,23,25). The van der Waals surface area contributed by atoms with Crippen molar-refractivity contribution in [1.29, 1.82) is 0 Å². The number of carbonyl (C=O) groups is 1. The third-order valence-corrected chi connectivity index (χ3v) is 5.05. The first-order chi connectivity index (χ1) is 13.5. The summed E-state index contributed by atoms with van der Waals surface area (Å²) in [7, 11) is 4.60. The van der Waals surface area contributed by atoms with Gasteiger partial charge in [0.1, 0.15) is 5.69 Å². The molecule has 0 radical (unpaired) electrons. The predicted molar refractivity (Wildman–Crippen MR) is 109 cm³/mol. The number of pyridine rings is 1. The summed E-state index contributed by atoms with van der Waals surface area (Å²) in [6.07, 6.45) is 4.13. The minimum atomic E-state index is -0.298. The van der Waals surface area contributed by atoms with Gasteiger partial charge in [-0.1, -0.05) is 6.92 Å². The number of nitrogens with zero attached hydrogens (tertiary/aromatic N) is 2. The summed E-state index contributed by atoms with van der Waals surface area (Å²) in [5.41, 5.74) is 1.94. The van der Waals surface area contributed by atoms with Gasteiger partial charge in [-0.2, -0.15) is 0 Å². The van der Waals surface area contributed by atoms with Gasteiger partial charge in [-0.25, -0.2) is 4.98 Å². The van der Waals surface area contributed by atoms with Crippen LogP contribution in [0, 0.1) is 5.92 Å². The monoisotopic (exact) mass is 385 g/mol. The Hall–Kier alpha value is -2.96. The average Bonchev–Trinajstić information content (AvgIpc) is 2.73. The zero-order chi connectivity index (χ0) is 20.1. The fourth-order valence-corrected chi connectivity index (χ4v) is 3.32. The zero-order valence-corrected chi connectivity index (χ0v) is 16.8. The molecule has 0 saturated carbocycles. The lowest BCUT2D eigenvalue weighted by atomic mass is 9.99. The summed E-state index contributed by atoms with van der Waals surface area (Å²) < 4.78 is 15.9. The number of carbonyl (C=O) groups excluding carboxylic acids is 1. The van der Waals surface area contributed by atoms with Gasteiger partial charge in [-0.3, -0.25) is 4.79 Å². The van der Waals surface area contributed by atoms with E-state index in [2.05, 4.69) is 22.1 Å². The molecular formula is C21H27N3O4. The molecule has 1 saturated heterocycles. The van der Waals surface area contributed by atoms with E-state index in [0.717, 1.165) is 24.7 Å². The van der Waals surface area contributed by atoms with Crippen LogP contribution in [0.5, 0.6) is 17.2 Å². The van der Waals surface area contributed by atoms with Crippen molar-refractivity contribution in [2.45, 2.75) is 19.8 Å². The van der Waals surface area contributed by atoms with E-state index >= 15 is 0 Å². The Balaban J connectivity index is 1.72. The third-order valence-electron chi connectivity index (χ3n) is 5.05. The van der Waals surface area contributed by atoms with E-state index in [1.54, 1.807) is 24.4 Å². The maximum atomic E-state index is 12.6. The SMILES string of the molecule is COc1cc(NC(=O)c2ccc(N3CCC(C)CC3)cn2)cc(OC)c1OC. The van der Waals surface area contributed by atoms with Gasteiger partial charge in [0.25, 0.3) is 5.91 Å². The second-order valence-electron chi connectivity index (χ2n) is 6.94. The Labute approximate surface area is 165 Å². The molecule has 1 aliphatic rings. The largest absolute Gasteiger partial charge is 0.493 e. The van der Waals surface area contributed by atoms with Crippen LogP contribution in [0.2, 0.25) is 0 Å². The summed E-state index contributed by atoms with van der Waals surface area (Å²) in [5.74, 6) is 1.89. The Morgan fingerprint density at radius 1 is 1.07 bits per heavy atom. The summed E-state index contributed by atoms with van der Waals surface area (Å²) in [4.78, 5) is 19.3. The van der Waals surface area contributed by atoms with Gasteiger partial charge in [0, 0.05) is 30.9 Å². The van der Waals surface area contributed by atoms with Crippen molar-refractivity contribution >= 4 is 17.3 Å². The molecule has 2 heterocycles. The second-order valence-corrected chi connectivity index (χ2v) is 6.94. The summed E-state index contributed by atoms with van der Waals surface area (Å²) in [6.45, 7) is 4.34. The van der Waals surface area contributed by atoms with Gasteiger partial charge < -0.3 is 24.4 Å². The van der Waals surface area contributed by atoms with Crippen molar-refractivity contribution in [3.8, 4) is 17.2 Å². The molecule has 150 valence electrons. The molecule has 0 spiro atoms. The Bertz CT molecular complexity index is 790. The Kier molecular flexibility index (Phi) is 6.23. The van der Waals surface area contributed by atoms with Crippen molar-refractivity contribution < 1.29 is 19.0 Å². The summed E-state index contributed by atoms with van der Waals surface area (Å²) in [5, 5.41) is 2.83. The quantitative estimate of drug-likeness (QED) is 0.819. The summed E-state index contributed by atoms with van der Waals surface area (Å²) >= 11 is 0. The van der Waals surface area contributed by atoms with Gasteiger partial charge >= 0.3 is 0 Å². The van der Waals surface area contributed by atoms with Gasteiger partial charge in [0.15, 0.2) is 11.5 Å². The molecule has 1 aromatic heterocycles. The number of benzene rings is 1. The lowest BCUT2D eigenvalue weighted by molar-refractivity contribution is 0.102. The van der Waals surface area contributed by atoms with Crippen LogP contribution in [0.3, 0.4) is 0 Å². The molecule has 0 atom stereocenters. The van der Waals surface area contributed by atoms with E-state index in [0.29, 0.717) is 28.6 Å². The smallest absolute Gasteiger partial charge is 0.274 e. The van der Waals surface area contributed by atoms with Gasteiger partial charge in [-0.15, -0.1) is 0 Å². The van der Waals surface area contributed by atoms with E-state index in [9.17, 15) is 4.79 Å². The first kappa shape index (κ1) is 19.8. The van der Waals surface area contributed by atoms with E-state index in [1.807, 2.05) is 6.07 Å². The second kappa shape index (κ2) is 8.82.